The zero-order chi connectivity index (χ0) is 18.0. The number of nitrogens with one attached hydrogen (secondary N) is 3. The lowest BCUT2D eigenvalue weighted by Crippen LogP contribution is -2.56. The molecule has 25 heavy (non-hydrogen) atoms. The van der Waals surface area contributed by atoms with Gasteiger partial charge in [-0.3, -0.25) is 10.2 Å². The maximum absolute atomic E-state index is 14.0. The van der Waals surface area contributed by atoms with E-state index in [4.69, 9.17) is 21.7 Å². The number of carbonyl (C=O) groups excluding carboxylic acids is 1. The smallest absolute Gasteiger partial charge is 0.311 e. The number of halogens is 2. The Kier molecular flexibility index (Phi) is 5.42. The van der Waals surface area contributed by atoms with Crippen molar-refractivity contribution in [2.75, 3.05) is 6.61 Å². The van der Waals surface area contributed by atoms with Crippen molar-refractivity contribution in [1.82, 2.24) is 10.3 Å². The number of carbonyl (C=O) groups is 1. The first-order valence-corrected chi connectivity index (χ1v) is 8.98. The molecule has 1 aromatic heterocycles. The van der Waals surface area contributed by atoms with E-state index in [0.717, 1.165) is 25.7 Å². The molecular formula is C17H22ClFN4O2. The molecule has 1 aromatic rings. The molecule has 2 atom stereocenters. The van der Waals surface area contributed by atoms with Crippen molar-refractivity contribution in [2.45, 2.75) is 38.6 Å². The van der Waals surface area contributed by atoms with Crippen molar-refractivity contribution in [3.8, 4) is 0 Å². The van der Waals surface area contributed by atoms with E-state index in [-0.39, 0.29) is 41.3 Å². The molecule has 2 bridgehead atoms. The fraction of sp³-hybridized carbons (Fsp3) is 0.588. The summed E-state index contributed by atoms with van der Waals surface area (Å²) in [7, 11) is 0. The van der Waals surface area contributed by atoms with Crippen LogP contribution in [0, 0.1) is 29.0 Å². The van der Waals surface area contributed by atoms with E-state index in [1.807, 2.05) is 0 Å². The number of aliphatic imine (C=N–C) groups is 1. The van der Waals surface area contributed by atoms with Gasteiger partial charge in [0.05, 0.1) is 12.5 Å². The highest BCUT2D eigenvalue weighted by Gasteiger charge is 2.48. The van der Waals surface area contributed by atoms with Crippen LogP contribution in [0.1, 0.15) is 38.3 Å². The van der Waals surface area contributed by atoms with Crippen LogP contribution >= 0.6 is 11.6 Å². The first kappa shape index (κ1) is 17.9. The van der Waals surface area contributed by atoms with Gasteiger partial charge in [0.25, 0.3) is 0 Å². The quantitative estimate of drug-likeness (QED) is 0.330. The van der Waals surface area contributed by atoms with Crippen molar-refractivity contribution < 1.29 is 13.9 Å². The second kappa shape index (κ2) is 7.56. The van der Waals surface area contributed by atoms with Crippen molar-refractivity contribution in [3.63, 3.8) is 0 Å². The first-order chi connectivity index (χ1) is 12.0. The molecule has 3 aliphatic rings. The average Bonchev–Trinajstić information content (AvgIpc) is 3.01. The molecule has 3 fully saturated rings. The number of aromatic nitrogens is 1. The number of amidine groups is 2. The lowest BCUT2D eigenvalue weighted by atomic mass is 9.61. The Balaban J connectivity index is 1.90. The Labute approximate surface area is 150 Å². The number of esters is 1. The Morgan fingerprint density at radius 3 is 2.68 bits per heavy atom. The summed E-state index contributed by atoms with van der Waals surface area (Å²) >= 11 is 5.62. The number of hydrogen-bond donors (Lipinski definition) is 3. The maximum atomic E-state index is 14.0. The highest BCUT2D eigenvalue weighted by molar-refractivity contribution is 6.64. The van der Waals surface area contributed by atoms with Gasteiger partial charge in [0.2, 0.25) is 5.29 Å². The van der Waals surface area contributed by atoms with Crippen LogP contribution in [0.25, 0.3) is 0 Å². The summed E-state index contributed by atoms with van der Waals surface area (Å²) in [6.45, 7) is 2.12. The molecule has 4 rings (SSSR count). The third kappa shape index (κ3) is 3.71. The fourth-order valence-electron chi connectivity index (χ4n) is 4.18. The summed E-state index contributed by atoms with van der Waals surface area (Å²) < 4.78 is 19.3. The zero-order valence-corrected chi connectivity index (χ0v) is 14.8. The highest BCUT2D eigenvalue weighted by atomic mass is 35.5. The second-order valence-corrected chi connectivity index (χ2v) is 6.93. The Morgan fingerprint density at radius 2 is 2.12 bits per heavy atom. The molecule has 0 aliphatic heterocycles. The Hall–Kier alpha value is -1.89. The van der Waals surface area contributed by atoms with Crippen molar-refractivity contribution in [1.29, 1.82) is 5.41 Å². The molecule has 3 N–H and O–H groups in total. The topological polar surface area (TPSA) is 90.3 Å². The number of rotatable bonds is 4. The largest absolute Gasteiger partial charge is 0.466 e. The molecule has 0 unspecified atom stereocenters. The first-order valence-electron chi connectivity index (χ1n) is 8.60. The molecule has 3 saturated carbocycles. The zero-order valence-electron chi connectivity index (χ0n) is 14.0. The van der Waals surface area contributed by atoms with Gasteiger partial charge in [0.1, 0.15) is 5.69 Å². The van der Waals surface area contributed by atoms with Gasteiger partial charge in [-0.05, 0) is 62.1 Å². The van der Waals surface area contributed by atoms with E-state index < -0.39 is 11.1 Å². The summed E-state index contributed by atoms with van der Waals surface area (Å²) in [6.07, 6.45) is 5.48. The van der Waals surface area contributed by atoms with Gasteiger partial charge in [-0.25, -0.2) is 4.39 Å². The number of fused-ring (bicyclic) bond motifs is 3. The summed E-state index contributed by atoms with van der Waals surface area (Å²) in [6, 6.07) is 1.07. The second-order valence-electron chi connectivity index (χ2n) is 6.57. The minimum atomic E-state index is -0.488. The molecule has 136 valence electrons. The fourth-order valence-corrected chi connectivity index (χ4v) is 4.27. The van der Waals surface area contributed by atoms with E-state index in [0.29, 0.717) is 6.61 Å². The Morgan fingerprint density at radius 1 is 1.44 bits per heavy atom. The van der Waals surface area contributed by atoms with E-state index in [1.54, 1.807) is 6.92 Å². The van der Waals surface area contributed by atoms with Gasteiger partial charge >= 0.3 is 5.97 Å². The standard InChI is InChI=1S/C17H22ClFN4O2/c1-2-25-16(24)12-9-3-5-10(6-4-9)13(12)22-15(23-17(18)20)14-11(19)7-8-21-14/h7-10,12-13,21H,2-6H2,1H3,(H2,20,22,23)/t9?,10?,12-,13-/m0/s1. The van der Waals surface area contributed by atoms with Gasteiger partial charge < -0.3 is 15.0 Å². The van der Waals surface area contributed by atoms with Crippen LogP contribution in [0.3, 0.4) is 0 Å². The predicted octanol–water partition coefficient (Wildman–Crippen LogP) is 3.03. The van der Waals surface area contributed by atoms with E-state index in [9.17, 15) is 9.18 Å². The molecule has 0 radical (unpaired) electrons. The maximum Gasteiger partial charge on any atom is 0.311 e. The van der Waals surface area contributed by atoms with Gasteiger partial charge in [-0.2, -0.15) is 4.99 Å². The Bertz CT molecular complexity index is 682. The lowest BCUT2D eigenvalue weighted by Gasteiger charge is -2.47. The monoisotopic (exact) mass is 368 g/mol. The van der Waals surface area contributed by atoms with Crippen LogP contribution in [0.2, 0.25) is 0 Å². The number of aromatic amines is 1. The number of hydrogen-bond acceptors (Lipinski definition) is 3. The van der Waals surface area contributed by atoms with Gasteiger partial charge in [0.15, 0.2) is 11.7 Å². The highest BCUT2D eigenvalue weighted by Crippen LogP contribution is 2.45. The summed E-state index contributed by atoms with van der Waals surface area (Å²) in [5, 5.41) is 10.2. The van der Waals surface area contributed by atoms with Gasteiger partial charge in [-0.15, -0.1) is 0 Å². The van der Waals surface area contributed by atoms with Crippen LogP contribution in [-0.4, -0.2) is 34.7 Å². The average molecular weight is 369 g/mol. The number of H-pyrrole nitrogens is 1. The van der Waals surface area contributed by atoms with E-state index >= 15 is 0 Å². The van der Waals surface area contributed by atoms with Crippen LogP contribution in [0.15, 0.2) is 17.3 Å². The molecule has 0 saturated heterocycles. The van der Waals surface area contributed by atoms with Crippen molar-refractivity contribution >= 4 is 28.7 Å². The van der Waals surface area contributed by atoms with Gasteiger partial charge in [-0.1, -0.05) is 0 Å². The summed E-state index contributed by atoms with van der Waals surface area (Å²) in [4.78, 5) is 19.2. The molecule has 0 amide bonds. The van der Waals surface area contributed by atoms with Crippen molar-refractivity contribution in [3.05, 3.63) is 23.8 Å². The minimum absolute atomic E-state index is 0.134. The van der Waals surface area contributed by atoms with E-state index in [2.05, 4.69) is 15.3 Å². The third-order valence-electron chi connectivity index (χ3n) is 5.22. The predicted molar refractivity (Wildman–Crippen MR) is 93.4 cm³/mol. The van der Waals surface area contributed by atoms with Crippen LogP contribution in [0.4, 0.5) is 4.39 Å². The van der Waals surface area contributed by atoms with Crippen LogP contribution < -0.4 is 5.32 Å². The van der Waals surface area contributed by atoms with E-state index in [1.165, 1.54) is 12.3 Å². The lowest BCUT2D eigenvalue weighted by molar-refractivity contribution is -0.155. The molecular weight excluding hydrogens is 347 g/mol. The summed E-state index contributed by atoms with van der Waals surface area (Å²) in [5.74, 6) is -0.312. The third-order valence-corrected chi connectivity index (χ3v) is 5.31. The summed E-state index contributed by atoms with van der Waals surface area (Å²) in [5.41, 5.74) is 0.134. The molecule has 6 nitrogen and oxygen atoms in total. The number of ether oxygens (including phenoxy) is 1. The van der Waals surface area contributed by atoms with Crippen LogP contribution in [0.5, 0.6) is 0 Å². The normalized spacial score (nSPS) is 28.7. The molecule has 8 heteroatoms. The minimum Gasteiger partial charge on any atom is -0.466 e. The molecule has 1 heterocycles. The van der Waals surface area contributed by atoms with Crippen LogP contribution in [-0.2, 0) is 9.53 Å². The molecule has 3 aliphatic carbocycles. The molecule has 0 aromatic carbocycles. The van der Waals surface area contributed by atoms with Gasteiger partial charge in [0, 0.05) is 12.2 Å². The molecule has 0 spiro atoms. The number of nitrogens with zero attached hydrogens (tertiary/aromatic N) is 1. The SMILES string of the molecule is CCOC(=O)[C@H]1C2CCC(CC2)[C@@H]1N/C(=N/C(=N)Cl)c1[nH]ccc1F. The van der Waals surface area contributed by atoms with Crippen molar-refractivity contribution in [2.24, 2.45) is 22.7 Å².